The summed E-state index contributed by atoms with van der Waals surface area (Å²) in [5.74, 6) is 0.711. The number of imidazole rings is 1. The van der Waals surface area contributed by atoms with Crippen LogP contribution in [0, 0.1) is 5.92 Å². The number of aromatic amines is 1. The zero-order valence-corrected chi connectivity index (χ0v) is 12.2. The van der Waals surface area contributed by atoms with Crippen LogP contribution < -0.4 is 0 Å². The van der Waals surface area contributed by atoms with Gasteiger partial charge in [0.05, 0.1) is 17.4 Å². The van der Waals surface area contributed by atoms with Gasteiger partial charge in [0.2, 0.25) is 0 Å². The summed E-state index contributed by atoms with van der Waals surface area (Å²) in [5.41, 5.74) is 4.02. The lowest BCUT2D eigenvalue weighted by molar-refractivity contribution is 0.0569. The van der Waals surface area contributed by atoms with Crippen LogP contribution >= 0.6 is 0 Å². The second-order valence-electron chi connectivity index (χ2n) is 6.22. The van der Waals surface area contributed by atoms with Crippen molar-refractivity contribution in [3.05, 3.63) is 41.7 Å². The maximum Gasteiger partial charge on any atom is 0.254 e. The van der Waals surface area contributed by atoms with Crippen LogP contribution in [0.1, 0.15) is 36.5 Å². The van der Waals surface area contributed by atoms with Crippen molar-refractivity contribution in [3.63, 3.8) is 0 Å². The van der Waals surface area contributed by atoms with Crippen molar-refractivity contribution in [2.24, 2.45) is 5.92 Å². The Morgan fingerprint density at radius 3 is 3.24 bits per heavy atom. The Morgan fingerprint density at radius 2 is 2.33 bits per heavy atom. The summed E-state index contributed by atoms with van der Waals surface area (Å²) < 4.78 is 0. The molecule has 1 saturated heterocycles. The predicted molar refractivity (Wildman–Crippen MR) is 82.0 cm³/mol. The number of carbonyl (C=O) groups is 1. The largest absolute Gasteiger partial charge is 0.345 e. The van der Waals surface area contributed by atoms with Crippen molar-refractivity contribution in [1.29, 1.82) is 0 Å². The summed E-state index contributed by atoms with van der Waals surface area (Å²) in [7, 11) is 0. The van der Waals surface area contributed by atoms with E-state index in [2.05, 4.69) is 27.9 Å². The van der Waals surface area contributed by atoms with Gasteiger partial charge in [-0.2, -0.15) is 0 Å². The standard InChI is InChI=1S/C17H19N3O/c1-11-7-12-3-2-6-20(16(12)8-11)17(21)13-4-5-14-15(9-13)19-10-18-14/h4-5,7,9-10,12,16H,2-3,6,8H2,1H3,(H,18,19)/t12-,16+/m1/s1. The van der Waals surface area contributed by atoms with Crippen LogP contribution in [0.3, 0.4) is 0 Å². The number of benzene rings is 1. The van der Waals surface area contributed by atoms with Gasteiger partial charge < -0.3 is 9.88 Å². The minimum atomic E-state index is 0.157. The van der Waals surface area contributed by atoms with E-state index in [1.165, 1.54) is 12.0 Å². The number of fused-ring (bicyclic) bond motifs is 2. The summed E-state index contributed by atoms with van der Waals surface area (Å²) in [6.45, 7) is 3.06. The van der Waals surface area contributed by atoms with Crippen molar-refractivity contribution in [1.82, 2.24) is 14.9 Å². The van der Waals surface area contributed by atoms with Crippen LogP contribution in [0.2, 0.25) is 0 Å². The number of nitrogens with zero attached hydrogens (tertiary/aromatic N) is 2. The van der Waals surface area contributed by atoms with Crippen molar-refractivity contribution in [3.8, 4) is 0 Å². The molecule has 0 unspecified atom stereocenters. The van der Waals surface area contributed by atoms with E-state index < -0.39 is 0 Å². The van der Waals surface area contributed by atoms with E-state index in [0.29, 0.717) is 12.0 Å². The number of amides is 1. The topological polar surface area (TPSA) is 49.0 Å². The van der Waals surface area contributed by atoms with Crippen LogP contribution in [0.25, 0.3) is 11.0 Å². The molecule has 1 aliphatic carbocycles. The van der Waals surface area contributed by atoms with Gasteiger partial charge >= 0.3 is 0 Å². The average Bonchev–Trinajstić information content (AvgIpc) is 3.09. The lowest BCUT2D eigenvalue weighted by Crippen LogP contribution is -2.46. The molecular formula is C17H19N3O. The van der Waals surface area contributed by atoms with E-state index in [4.69, 9.17) is 0 Å². The summed E-state index contributed by atoms with van der Waals surface area (Å²) in [5, 5.41) is 0. The first-order chi connectivity index (χ1) is 10.2. The van der Waals surface area contributed by atoms with Gasteiger partial charge in [-0.1, -0.05) is 11.6 Å². The molecular weight excluding hydrogens is 262 g/mol. The highest BCUT2D eigenvalue weighted by atomic mass is 16.2. The first kappa shape index (κ1) is 12.6. The molecule has 4 nitrogen and oxygen atoms in total. The Morgan fingerprint density at radius 1 is 1.43 bits per heavy atom. The second-order valence-corrected chi connectivity index (χ2v) is 6.22. The SMILES string of the molecule is CC1=C[C@H]2CCCN(C(=O)c3ccc4nc[nH]c4c3)[C@H]2C1. The molecule has 4 heteroatoms. The number of H-pyrrole nitrogens is 1. The summed E-state index contributed by atoms with van der Waals surface area (Å²) in [6.07, 6.45) is 7.37. The van der Waals surface area contributed by atoms with Crippen molar-refractivity contribution in [2.45, 2.75) is 32.2 Å². The van der Waals surface area contributed by atoms with Crippen LogP contribution in [-0.2, 0) is 0 Å². The number of rotatable bonds is 1. The molecule has 2 heterocycles. The molecule has 0 spiro atoms. The Kier molecular flexibility index (Phi) is 2.84. The van der Waals surface area contributed by atoms with E-state index in [-0.39, 0.29) is 5.91 Å². The highest BCUT2D eigenvalue weighted by molar-refractivity contribution is 5.97. The third-order valence-corrected chi connectivity index (χ3v) is 4.79. The van der Waals surface area contributed by atoms with Gasteiger partial charge in [0.25, 0.3) is 5.91 Å². The molecule has 1 fully saturated rings. The average molecular weight is 281 g/mol. The number of hydrogen-bond donors (Lipinski definition) is 1. The van der Waals surface area contributed by atoms with Crippen molar-refractivity contribution in [2.75, 3.05) is 6.54 Å². The fourth-order valence-electron chi connectivity index (χ4n) is 3.79. The number of nitrogens with one attached hydrogen (secondary N) is 1. The summed E-state index contributed by atoms with van der Waals surface area (Å²) >= 11 is 0. The minimum Gasteiger partial charge on any atom is -0.345 e. The molecule has 1 aromatic carbocycles. The maximum absolute atomic E-state index is 12.9. The zero-order chi connectivity index (χ0) is 14.4. The quantitative estimate of drug-likeness (QED) is 0.816. The third kappa shape index (κ3) is 2.06. The van der Waals surface area contributed by atoms with Crippen molar-refractivity contribution < 1.29 is 4.79 Å². The second kappa shape index (κ2) is 4.72. The van der Waals surface area contributed by atoms with Gasteiger partial charge in [0, 0.05) is 18.2 Å². The summed E-state index contributed by atoms with van der Waals surface area (Å²) in [4.78, 5) is 22.3. The third-order valence-electron chi connectivity index (χ3n) is 4.79. The molecule has 1 amide bonds. The van der Waals surface area contributed by atoms with Crippen LogP contribution in [0.5, 0.6) is 0 Å². The molecule has 0 bridgehead atoms. The van der Waals surface area contributed by atoms with E-state index in [1.54, 1.807) is 6.33 Å². The molecule has 1 aromatic heterocycles. The predicted octanol–water partition coefficient (Wildman–Crippen LogP) is 3.13. The van der Waals surface area contributed by atoms with Gasteiger partial charge in [0.1, 0.15) is 0 Å². The lowest BCUT2D eigenvalue weighted by atomic mass is 9.91. The molecule has 4 rings (SSSR count). The van der Waals surface area contributed by atoms with Crippen molar-refractivity contribution >= 4 is 16.9 Å². The fourth-order valence-corrected chi connectivity index (χ4v) is 3.79. The zero-order valence-electron chi connectivity index (χ0n) is 12.2. The normalized spacial score (nSPS) is 25.0. The Balaban J connectivity index is 1.64. The van der Waals surface area contributed by atoms with Crippen LogP contribution in [0.15, 0.2) is 36.2 Å². The molecule has 1 aliphatic heterocycles. The maximum atomic E-state index is 12.9. The monoisotopic (exact) mass is 281 g/mol. The number of aromatic nitrogens is 2. The highest BCUT2D eigenvalue weighted by Crippen LogP contribution is 2.36. The Hall–Kier alpha value is -2.10. The van der Waals surface area contributed by atoms with Gasteiger partial charge in [-0.25, -0.2) is 4.98 Å². The fraction of sp³-hybridized carbons (Fsp3) is 0.412. The molecule has 2 atom stereocenters. The number of piperidine rings is 1. The summed E-state index contributed by atoms with van der Waals surface area (Å²) in [6, 6.07) is 6.09. The molecule has 108 valence electrons. The van der Waals surface area contributed by atoms with Gasteiger partial charge in [-0.05, 0) is 50.3 Å². The first-order valence-corrected chi connectivity index (χ1v) is 7.64. The van der Waals surface area contributed by atoms with Gasteiger partial charge in [-0.3, -0.25) is 4.79 Å². The smallest absolute Gasteiger partial charge is 0.254 e. The minimum absolute atomic E-state index is 0.157. The molecule has 2 aliphatic rings. The Labute approximate surface area is 123 Å². The first-order valence-electron chi connectivity index (χ1n) is 7.64. The van der Waals surface area contributed by atoms with E-state index in [9.17, 15) is 4.79 Å². The Bertz CT molecular complexity index is 730. The number of carbonyl (C=O) groups excluding carboxylic acids is 1. The lowest BCUT2D eigenvalue weighted by Gasteiger charge is -2.37. The van der Waals surface area contributed by atoms with Crippen LogP contribution in [-0.4, -0.2) is 33.4 Å². The van der Waals surface area contributed by atoms with E-state index in [0.717, 1.165) is 36.0 Å². The van der Waals surface area contributed by atoms with Gasteiger partial charge in [-0.15, -0.1) is 0 Å². The molecule has 1 N–H and O–H groups in total. The molecule has 0 radical (unpaired) electrons. The number of hydrogen-bond acceptors (Lipinski definition) is 2. The highest BCUT2D eigenvalue weighted by Gasteiger charge is 2.36. The van der Waals surface area contributed by atoms with E-state index >= 15 is 0 Å². The molecule has 2 aromatic rings. The van der Waals surface area contributed by atoms with Gasteiger partial charge in [0.15, 0.2) is 0 Å². The molecule has 21 heavy (non-hydrogen) atoms. The number of likely N-dealkylation sites (tertiary alicyclic amines) is 1. The van der Waals surface area contributed by atoms with Crippen LogP contribution in [0.4, 0.5) is 0 Å². The molecule has 0 saturated carbocycles. The van der Waals surface area contributed by atoms with E-state index in [1.807, 2.05) is 18.2 Å².